The molecule has 0 atom stereocenters. The lowest BCUT2D eigenvalue weighted by atomic mass is 10.4. The van der Waals surface area contributed by atoms with E-state index in [0.29, 0.717) is 24.6 Å². The number of rotatable bonds is 5. The number of carbonyl (C=O) groups is 1. The average molecular weight is 238 g/mol. The van der Waals surface area contributed by atoms with Gasteiger partial charge in [-0.3, -0.25) is 4.79 Å². The van der Waals surface area contributed by atoms with E-state index < -0.39 is 0 Å². The number of hydrogen-bond acceptors (Lipinski definition) is 6. The van der Waals surface area contributed by atoms with Crippen LogP contribution in [-0.4, -0.2) is 43.7 Å². The number of anilines is 2. The minimum atomic E-state index is -0.240. The lowest BCUT2D eigenvalue weighted by molar-refractivity contribution is -0.140. The van der Waals surface area contributed by atoms with Gasteiger partial charge in [-0.25, -0.2) is 9.97 Å². The van der Waals surface area contributed by atoms with Crippen molar-refractivity contribution in [3.63, 3.8) is 0 Å². The minimum Gasteiger partial charge on any atom is -0.469 e. The van der Waals surface area contributed by atoms with Gasteiger partial charge in [0.2, 0.25) is 0 Å². The molecule has 94 valence electrons. The highest BCUT2D eigenvalue weighted by molar-refractivity contribution is 5.69. The molecule has 1 N–H and O–H groups in total. The molecule has 0 aliphatic rings. The van der Waals surface area contributed by atoms with E-state index >= 15 is 0 Å². The third-order valence-electron chi connectivity index (χ3n) is 2.15. The van der Waals surface area contributed by atoms with E-state index in [4.69, 9.17) is 0 Å². The molecule has 0 saturated heterocycles. The van der Waals surface area contributed by atoms with E-state index in [1.165, 1.54) is 7.11 Å². The number of carbonyl (C=O) groups excluding carboxylic acids is 1. The summed E-state index contributed by atoms with van der Waals surface area (Å²) in [5.41, 5.74) is 0. The molecule has 0 fully saturated rings. The van der Waals surface area contributed by atoms with Crippen molar-refractivity contribution >= 4 is 17.6 Å². The summed E-state index contributed by atoms with van der Waals surface area (Å²) in [5.74, 6) is 2.00. The molecule has 17 heavy (non-hydrogen) atoms. The monoisotopic (exact) mass is 238 g/mol. The van der Waals surface area contributed by atoms with Crippen LogP contribution in [0.2, 0.25) is 0 Å². The van der Waals surface area contributed by atoms with Crippen LogP contribution < -0.4 is 10.2 Å². The summed E-state index contributed by atoms with van der Waals surface area (Å²) in [6, 6.07) is 1.84. The first-order valence-corrected chi connectivity index (χ1v) is 5.36. The first-order valence-electron chi connectivity index (χ1n) is 5.36. The van der Waals surface area contributed by atoms with Gasteiger partial charge in [-0.2, -0.15) is 0 Å². The van der Waals surface area contributed by atoms with Crippen LogP contribution in [0, 0.1) is 6.92 Å². The first kappa shape index (κ1) is 13.2. The molecule has 0 unspecified atom stereocenters. The van der Waals surface area contributed by atoms with Crippen LogP contribution in [-0.2, 0) is 9.53 Å². The Balaban J connectivity index is 2.62. The third-order valence-corrected chi connectivity index (χ3v) is 2.15. The number of methoxy groups -OCH3 is 1. The number of aromatic nitrogens is 2. The van der Waals surface area contributed by atoms with Crippen LogP contribution in [0.15, 0.2) is 6.07 Å². The van der Waals surface area contributed by atoms with E-state index in [9.17, 15) is 4.79 Å². The van der Waals surface area contributed by atoms with Crippen LogP contribution in [0.5, 0.6) is 0 Å². The van der Waals surface area contributed by atoms with E-state index in [1.54, 1.807) is 0 Å². The molecule has 1 aromatic heterocycles. The molecule has 0 aromatic carbocycles. The first-order chi connectivity index (χ1) is 8.02. The maximum atomic E-state index is 10.9. The van der Waals surface area contributed by atoms with Crippen molar-refractivity contribution in [1.82, 2.24) is 9.97 Å². The van der Waals surface area contributed by atoms with Crippen molar-refractivity contribution in [2.24, 2.45) is 0 Å². The zero-order valence-corrected chi connectivity index (χ0v) is 10.6. The van der Waals surface area contributed by atoms with E-state index in [2.05, 4.69) is 20.0 Å². The van der Waals surface area contributed by atoms with Crippen molar-refractivity contribution in [3.8, 4) is 0 Å². The smallest absolute Gasteiger partial charge is 0.307 e. The summed E-state index contributed by atoms with van der Waals surface area (Å²) in [5, 5.41) is 3.07. The molecule has 0 spiro atoms. The van der Waals surface area contributed by atoms with Gasteiger partial charge < -0.3 is 15.0 Å². The summed E-state index contributed by atoms with van der Waals surface area (Å²) in [6.07, 6.45) is 0.316. The Bertz CT molecular complexity index is 393. The largest absolute Gasteiger partial charge is 0.469 e. The van der Waals surface area contributed by atoms with E-state index in [-0.39, 0.29) is 5.97 Å². The molecule has 0 aliphatic carbocycles. The lowest BCUT2D eigenvalue weighted by Gasteiger charge is -2.13. The van der Waals surface area contributed by atoms with E-state index in [1.807, 2.05) is 32.0 Å². The molecule has 6 nitrogen and oxygen atoms in total. The fraction of sp³-hybridized carbons (Fsp3) is 0.545. The molecule has 0 bridgehead atoms. The fourth-order valence-electron chi connectivity index (χ4n) is 1.27. The van der Waals surface area contributed by atoms with Crippen LogP contribution in [0.25, 0.3) is 0 Å². The highest BCUT2D eigenvalue weighted by Crippen LogP contribution is 2.13. The van der Waals surface area contributed by atoms with Crippen molar-refractivity contribution < 1.29 is 9.53 Å². The molecule has 1 aromatic rings. The van der Waals surface area contributed by atoms with Crippen molar-refractivity contribution in [2.45, 2.75) is 13.3 Å². The summed E-state index contributed by atoms with van der Waals surface area (Å²) in [6.45, 7) is 2.33. The standard InChI is InChI=1S/C11H18N4O2/c1-8-13-9(7-10(14-8)15(2)3)12-6-5-11(16)17-4/h7H,5-6H2,1-4H3,(H,12,13,14). The number of hydrogen-bond donors (Lipinski definition) is 1. The Morgan fingerprint density at radius 2 is 2.18 bits per heavy atom. The SMILES string of the molecule is COC(=O)CCNc1cc(N(C)C)nc(C)n1. The molecule has 0 radical (unpaired) electrons. The van der Waals surface area contributed by atoms with Gasteiger partial charge in [0, 0.05) is 26.7 Å². The summed E-state index contributed by atoms with van der Waals surface area (Å²) in [4.78, 5) is 21.4. The predicted octanol–water partition coefficient (Wildman–Crippen LogP) is 0.826. The van der Waals surface area contributed by atoms with Gasteiger partial charge in [0.15, 0.2) is 0 Å². The Labute approximate surface area is 101 Å². The van der Waals surface area contributed by atoms with Gasteiger partial charge in [0.1, 0.15) is 17.5 Å². The van der Waals surface area contributed by atoms with Crippen LogP contribution in [0.1, 0.15) is 12.2 Å². The van der Waals surface area contributed by atoms with Gasteiger partial charge in [-0.1, -0.05) is 0 Å². The van der Waals surface area contributed by atoms with Crippen molar-refractivity contribution in [2.75, 3.05) is 38.0 Å². The molecule has 0 aliphatic heterocycles. The van der Waals surface area contributed by atoms with Gasteiger partial charge in [-0.15, -0.1) is 0 Å². The molecule has 0 saturated carbocycles. The molecule has 1 heterocycles. The van der Waals surface area contributed by atoms with Crippen molar-refractivity contribution in [1.29, 1.82) is 0 Å². The van der Waals surface area contributed by atoms with Gasteiger partial charge >= 0.3 is 5.97 Å². The zero-order chi connectivity index (χ0) is 12.8. The molecular weight excluding hydrogens is 220 g/mol. The Hall–Kier alpha value is -1.85. The Morgan fingerprint density at radius 1 is 1.47 bits per heavy atom. The topological polar surface area (TPSA) is 67.3 Å². The zero-order valence-electron chi connectivity index (χ0n) is 10.6. The number of esters is 1. The molecule has 0 amide bonds. The second-order valence-corrected chi connectivity index (χ2v) is 3.81. The minimum absolute atomic E-state index is 0.240. The maximum absolute atomic E-state index is 10.9. The molecule has 6 heteroatoms. The number of nitrogens with zero attached hydrogens (tertiary/aromatic N) is 3. The summed E-state index contributed by atoms with van der Waals surface area (Å²) in [7, 11) is 5.21. The normalized spacial score (nSPS) is 9.88. The van der Waals surface area contributed by atoms with Crippen LogP contribution in [0.4, 0.5) is 11.6 Å². The highest BCUT2D eigenvalue weighted by atomic mass is 16.5. The predicted molar refractivity (Wildman–Crippen MR) is 66.2 cm³/mol. The molecular formula is C11H18N4O2. The number of aryl methyl sites for hydroxylation is 1. The van der Waals surface area contributed by atoms with Gasteiger partial charge in [0.25, 0.3) is 0 Å². The summed E-state index contributed by atoms with van der Waals surface area (Å²) >= 11 is 0. The highest BCUT2D eigenvalue weighted by Gasteiger charge is 2.04. The van der Waals surface area contributed by atoms with Gasteiger partial charge in [-0.05, 0) is 6.92 Å². The lowest BCUT2D eigenvalue weighted by Crippen LogP contribution is -2.14. The Morgan fingerprint density at radius 3 is 2.76 bits per heavy atom. The fourth-order valence-corrected chi connectivity index (χ4v) is 1.27. The average Bonchev–Trinajstić information content (AvgIpc) is 2.28. The second kappa shape index (κ2) is 6.03. The quantitative estimate of drug-likeness (QED) is 0.766. The van der Waals surface area contributed by atoms with Gasteiger partial charge in [0.05, 0.1) is 13.5 Å². The van der Waals surface area contributed by atoms with E-state index in [0.717, 1.165) is 5.82 Å². The summed E-state index contributed by atoms with van der Waals surface area (Å²) < 4.78 is 4.55. The molecule has 1 rings (SSSR count). The third kappa shape index (κ3) is 4.26. The van der Waals surface area contributed by atoms with Crippen LogP contribution in [0.3, 0.4) is 0 Å². The maximum Gasteiger partial charge on any atom is 0.307 e. The Kier molecular flexibility index (Phi) is 4.68. The number of ether oxygens (including phenoxy) is 1. The van der Waals surface area contributed by atoms with Crippen molar-refractivity contribution in [3.05, 3.63) is 11.9 Å². The number of nitrogens with one attached hydrogen (secondary N) is 1. The van der Waals surface area contributed by atoms with Crippen LogP contribution >= 0.6 is 0 Å². The second-order valence-electron chi connectivity index (χ2n) is 3.81.